The molecule has 1 heterocycles. The third kappa shape index (κ3) is 2.68. The van der Waals surface area contributed by atoms with Crippen molar-refractivity contribution in [2.24, 2.45) is 5.41 Å². The molecule has 4 heteroatoms. The molecule has 1 fully saturated rings. The van der Waals surface area contributed by atoms with Gasteiger partial charge in [-0.2, -0.15) is 0 Å². The zero-order valence-electron chi connectivity index (χ0n) is 11.2. The lowest BCUT2D eigenvalue weighted by Gasteiger charge is -2.52. The molecule has 2 atom stereocenters. The third-order valence-corrected chi connectivity index (χ3v) is 4.28. The van der Waals surface area contributed by atoms with Gasteiger partial charge in [0.1, 0.15) is 0 Å². The average Bonchev–Trinajstić information content (AvgIpc) is 2.35. The van der Waals surface area contributed by atoms with Crippen molar-refractivity contribution in [3.05, 3.63) is 29.0 Å². The topological polar surface area (TPSA) is 34.1 Å². The third-order valence-electron chi connectivity index (χ3n) is 3.94. The summed E-state index contributed by atoms with van der Waals surface area (Å²) in [7, 11) is 0. The van der Waals surface area contributed by atoms with E-state index in [1.807, 2.05) is 13.0 Å². The molecule has 0 radical (unpaired) electrons. The maximum atomic E-state index is 6.09. The second kappa shape index (κ2) is 5.55. The van der Waals surface area contributed by atoms with Gasteiger partial charge in [-0.05, 0) is 25.0 Å². The lowest BCUT2D eigenvalue weighted by Crippen LogP contribution is -2.60. The van der Waals surface area contributed by atoms with Gasteiger partial charge in [0.15, 0.2) is 0 Å². The van der Waals surface area contributed by atoms with Crippen LogP contribution in [-0.2, 0) is 11.3 Å². The number of rotatable bonds is 5. The quantitative estimate of drug-likeness (QED) is 0.891. The largest absolute Gasteiger partial charge is 0.378 e. The SMILES string of the molecule is CCOC1CC(NCc2ccncc2Cl)C1(C)C. The summed E-state index contributed by atoms with van der Waals surface area (Å²) < 4.78 is 5.72. The second-order valence-electron chi connectivity index (χ2n) is 5.40. The van der Waals surface area contributed by atoms with Crippen LogP contribution in [0.5, 0.6) is 0 Å². The van der Waals surface area contributed by atoms with Crippen LogP contribution in [0.1, 0.15) is 32.8 Å². The Morgan fingerprint density at radius 1 is 1.56 bits per heavy atom. The van der Waals surface area contributed by atoms with Gasteiger partial charge in [-0.25, -0.2) is 0 Å². The molecule has 18 heavy (non-hydrogen) atoms. The van der Waals surface area contributed by atoms with Crippen molar-refractivity contribution < 1.29 is 4.74 Å². The van der Waals surface area contributed by atoms with Crippen LogP contribution in [0.2, 0.25) is 5.02 Å². The van der Waals surface area contributed by atoms with Crippen LogP contribution in [0.15, 0.2) is 18.5 Å². The standard InChI is InChI=1S/C14H21ClN2O/c1-4-18-13-7-12(14(13,2)3)17-8-10-5-6-16-9-11(10)15/h5-6,9,12-13,17H,4,7-8H2,1-3H3. The van der Waals surface area contributed by atoms with Gasteiger partial charge < -0.3 is 10.1 Å². The molecule has 0 aliphatic heterocycles. The minimum Gasteiger partial charge on any atom is -0.378 e. The predicted octanol–water partition coefficient (Wildman–Crippen LogP) is 3.03. The van der Waals surface area contributed by atoms with Crippen molar-refractivity contribution in [1.82, 2.24) is 10.3 Å². The Labute approximate surface area is 114 Å². The number of hydrogen-bond donors (Lipinski definition) is 1. The zero-order valence-corrected chi connectivity index (χ0v) is 12.0. The molecule has 0 bridgehead atoms. The molecule has 1 N–H and O–H groups in total. The van der Waals surface area contributed by atoms with Gasteiger partial charge in [0.2, 0.25) is 0 Å². The number of aromatic nitrogens is 1. The highest BCUT2D eigenvalue weighted by atomic mass is 35.5. The number of pyridine rings is 1. The summed E-state index contributed by atoms with van der Waals surface area (Å²) in [5, 5.41) is 4.29. The summed E-state index contributed by atoms with van der Waals surface area (Å²) in [6.45, 7) is 8.13. The van der Waals surface area contributed by atoms with E-state index in [0.29, 0.717) is 12.1 Å². The summed E-state index contributed by atoms with van der Waals surface area (Å²) in [4.78, 5) is 3.99. The van der Waals surface area contributed by atoms with E-state index < -0.39 is 0 Å². The summed E-state index contributed by atoms with van der Waals surface area (Å²) in [6, 6.07) is 2.44. The molecule has 0 spiro atoms. The Bertz CT molecular complexity index is 409. The summed E-state index contributed by atoms with van der Waals surface area (Å²) >= 11 is 6.09. The monoisotopic (exact) mass is 268 g/mol. The highest BCUT2D eigenvalue weighted by molar-refractivity contribution is 6.31. The van der Waals surface area contributed by atoms with Crippen molar-refractivity contribution in [3.63, 3.8) is 0 Å². The Morgan fingerprint density at radius 2 is 2.33 bits per heavy atom. The van der Waals surface area contributed by atoms with Crippen LogP contribution in [0.25, 0.3) is 0 Å². The molecular weight excluding hydrogens is 248 g/mol. The van der Waals surface area contributed by atoms with E-state index in [4.69, 9.17) is 16.3 Å². The highest BCUT2D eigenvalue weighted by Gasteiger charge is 2.48. The van der Waals surface area contributed by atoms with Gasteiger partial charge in [-0.3, -0.25) is 4.98 Å². The van der Waals surface area contributed by atoms with Gasteiger partial charge >= 0.3 is 0 Å². The van der Waals surface area contributed by atoms with Crippen LogP contribution in [0.3, 0.4) is 0 Å². The number of nitrogens with one attached hydrogen (secondary N) is 1. The first-order valence-electron chi connectivity index (χ1n) is 6.49. The first-order valence-corrected chi connectivity index (χ1v) is 6.87. The number of halogens is 1. The smallest absolute Gasteiger partial charge is 0.0655 e. The van der Waals surface area contributed by atoms with Crippen molar-refractivity contribution in [1.29, 1.82) is 0 Å². The first kappa shape index (κ1) is 13.8. The highest BCUT2D eigenvalue weighted by Crippen LogP contribution is 2.42. The van der Waals surface area contributed by atoms with E-state index in [9.17, 15) is 0 Å². The molecule has 0 amide bonds. The van der Waals surface area contributed by atoms with E-state index in [2.05, 4.69) is 24.1 Å². The van der Waals surface area contributed by atoms with Gasteiger partial charge in [-0.15, -0.1) is 0 Å². The molecule has 1 aliphatic rings. The van der Waals surface area contributed by atoms with Gasteiger partial charge in [0, 0.05) is 37.0 Å². The van der Waals surface area contributed by atoms with E-state index in [1.165, 1.54) is 0 Å². The van der Waals surface area contributed by atoms with Crippen molar-refractivity contribution >= 4 is 11.6 Å². The molecular formula is C14H21ClN2O. The Morgan fingerprint density at radius 3 is 2.94 bits per heavy atom. The Hall–Kier alpha value is -0.640. The lowest BCUT2D eigenvalue weighted by atomic mass is 9.64. The zero-order chi connectivity index (χ0) is 13.2. The molecule has 0 saturated heterocycles. The minimum absolute atomic E-state index is 0.190. The van der Waals surface area contributed by atoms with E-state index in [-0.39, 0.29) is 5.41 Å². The summed E-state index contributed by atoms with van der Waals surface area (Å²) in [5.41, 5.74) is 1.29. The maximum Gasteiger partial charge on any atom is 0.0655 e. The molecule has 1 aromatic heterocycles. The molecule has 1 saturated carbocycles. The van der Waals surface area contributed by atoms with Crippen molar-refractivity contribution in [3.8, 4) is 0 Å². The molecule has 1 aliphatic carbocycles. The lowest BCUT2D eigenvalue weighted by molar-refractivity contribution is -0.114. The van der Waals surface area contributed by atoms with Crippen LogP contribution < -0.4 is 5.32 Å². The molecule has 2 unspecified atom stereocenters. The molecule has 0 aromatic carbocycles. The van der Waals surface area contributed by atoms with Crippen molar-refractivity contribution in [2.45, 2.75) is 45.9 Å². The van der Waals surface area contributed by atoms with E-state index in [0.717, 1.165) is 30.2 Å². The number of ether oxygens (including phenoxy) is 1. The Balaban J connectivity index is 1.88. The summed E-state index contributed by atoms with van der Waals surface area (Å²) in [5.74, 6) is 0. The fourth-order valence-electron chi connectivity index (χ4n) is 2.50. The van der Waals surface area contributed by atoms with Gasteiger partial charge in [0.05, 0.1) is 11.1 Å². The summed E-state index contributed by atoms with van der Waals surface area (Å²) in [6.07, 6.45) is 4.90. The van der Waals surface area contributed by atoms with Crippen LogP contribution in [0, 0.1) is 5.41 Å². The van der Waals surface area contributed by atoms with Crippen LogP contribution >= 0.6 is 11.6 Å². The van der Waals surface area contributed by atoms with E-state index >= 15 is 0 Å². The first-order chi connectivity index (χ1) is 8.55. The molecule has 2 rings (SSSR count). The molecule has 1 aromatic rings. The minimum atomic E-state index is 0.190. The fourth-order valence-corrected chi connectivity index (χ4v) is 2.68. The van der Waals surface area contributed by atoms with Gasteiger partial charge in [-0.1, -0.05) is 25.4 Å². The van der Waals surface area contributed by atoms with Gasteiger partial charge in [0.25, 0.3) is 0 Å². The molecule has 100 valence electrons. The number of hydrogen-bond acceptors (Lipinski definition) is 3. The van der Waals surface area contributed by atoms with Crippen LogP contribution in [0.4, 0.5) is 0 Å². The maximum absolute atomic E-state index is 6.09. The fraction of sp³-hybridized carbons (Fsp3) is 0.643. The number of nitrogens with zero attached hydrogens (tertiary/aromatic N) is 1. The molecule has 3 nitrogen and oxygen atoms in total. The Kier molecular flexibility index (Phi) is 4.25. The van der Waals surface area contributed by atoms with Crippen molar-refractivity contribution in [2.75, 3.05) is 6.61 Å². The second-order valence-corrected chi connectivity index (χ2v) is 5.81. The normalized spacial score (nSPS) is 25.8. The predicted molar refractivity (Wildman–Crippen MR) is 73.7 cm³/mol. The van der Waals surface area contributed by atoms with E-state index in [1.54, 1.807) is 12.4 Å². The van der Waals surface area contributed by atoms with Crippen LogP contribution in [-0.4, -0.2) is 23.7 Å². The average molecular weight is 269 g/mol.